The number of phosphoric acid groups is 1. The summed E-state index contributed by atoms with van der Waals surface area (Å²) >= 11 is 0. The first-order chi connectivity index (χ1) is 3.73. The predicted octanol–water partition coefficient (Wildman–Crippen LogP) is -3.80. The molecule has 0 aliphatic rings. The standard InChI is InChI=1S/CH4N2O.Cr.H3O4P/c2-1(3)4;;1-5(2,3)4/h(H4,2,3,4);;(H3,1,2,3,4)/q;+3;/p-3. The molecule has 0 heterocycles. The van der Waals surface area contributed by atoms with E-state index >= 15 is 0 Å². The first-order valence-corrected chi connectivity index (χ1v) is 2.97. The number of carbonyl (C=O) groups excluding carboxylic acids is 1. The fraction of sp³-hybridized carbons (Fsp3) is 0. The van der Waals surface area contributed by atoms with E-state index in [4.69, 9.17) is 24.0 Å². The number of urea groups is 1. The molecule has 0 aromatic rings. The largest absolute Gasteiger partial charge is 3.00 e. The molecule has 0 bridgehead atoms. The fourth-order valence-electron chi connectivity index (χ4n) is 0. The van der Waals surface area contributed by atoms with Crippen LogP contribution in [0.4, 0.5) is 4.79 Å². The fourth-order valence-corrected chi connectivity index (χ4v) is 0. The van der Waals surface area contributed by atoms with Crippen molar-refractivity contribution in [3.05, 3.63) is 0 Å². The summed E-state index contributed by atoms with van der Waals surface area (Å²) in [5.74, 6) is 0. The molecule has 0 fully saturated rings. The number of nitrogens with two attached hydrogens (primary N) is 2. The van der Waals surface area contributed by atoms with Gasteiger partial charge in [-0.05, 0) is 0 Å². The zero-order valence-corrected chi connectivity index (χ0v) is 6.72. The Morgan fingerprint density at radius 1 is 1.20 bits per heavy atom. The summed E-state index contributed by atoms with van der Waals surface area (Å²) in [7, 11) is -5.39. The number of primary amides is 2. The Morgan fingerprint density at radius 2 is 1.20 bits per heavy atom. The molecule has 4 N–H and O–H groups in total. The molecule has 2 amide bonds. The van der Waals surface area contributed by atoms with Crippen LogP contribution in [0.15, 0.2) is 0 Å². The van der Waals surface area contributed by atoms with E-state index in [1.807, 2.05) is 0 Å². The molecule has 0 aliphatic carbocycles. The summed E-state index contributed by atoms with van der Waals surface area (Å²) in [6.45, 7) is 0. The molecule has 10 heavy (non-hydrogen) atoms. The van der Waals surface area contributed by atoms with Crippen molar-refractivity contribution in [1.29, 1.82) is 0 Å². The summed E-state index contributed by atoms with van der Waals surface area (Å²) in [6, 6.07) is -0.833. The SMILES string of the molecule is NC(N)=O.O=P([O-])([O-])[O-].[Cr+3]. The molecule has 0 unspecified atom stereocenters. The monoisotopic (exact) mass is 207 g/mol. The van der Waals surface area contributed by atoms with Crippen molar-refractivity contribution in [3.8, 4) is 0 Å². The molecule has 0 aromatic heterocycles. The third-order valence-corrected chi connectivity index (χ3v) is 0. The van der Waals surface area contributed by atoms with Crippen LogP contribution in [0.25, 0.3) is 0 Å². The van der Waals surface area contributed by atoms with Crippen molar-refractivity contribution >= 4 is 13.9 Å². The van der Waals surface area contributed by atoms with Gasteiger partial charge in [0.25, 0.3) is 0 Å². The molecule has 0 saturated carbocycles. The maximum atomic E-state index is 9.00. The Morgan fingerprint density at radius 3 is 1.20 bits per heavy atom. The van der Waals surface area contributed by atoms with Crippen LogP contribution in [-0.2, 0) is 21.9 Å². The number of hydrogen-bond acceptors (Lipinski definition) is 5. The van der Waals surface area contributed by atoms with Gasteiger partial charge < -0.3 is 30.7 Å². The van der Waals surface area contributed by atoms with Gasteiger partial charge in [-0.3, -0.25) is 0 Å². The third kappa shape index (κ3) is 49300. The molecule has 59 valence electrons. The van der Waals surface area contributed by atoms with Crippen molar-refractivity contribution in [3.63, 3.8) is 0 Å². The second kappa shape index (κ2) is 7.02. The molecule has 0 saturated heterocycles. The minimum Gasteiger partial charge on any atom is -0.822 e. The number of rotatable bonds is 0. The first kappa shape index (κ1) is 16.5. The Kier molecular flexibility index (Phi) is 11.6. The maximum absolute atomic E-state index is 9.00. The molecule has 9 heteroatoms. The van der Waals surface area contributed by atoms with Crippen LogP contribution >= 0.6 is 7.82 Å². The second-order valence-corrected chi connectivity index (χ2v) is 1.74. The second-order valence-electron chi connectivity index (χ2n) is 0.850. The average molecular weight is 207 g/mol. The first-order valence-electron chi connectivity index (χ1n) is 1.51. The average Bonchev–Trinajstić information content (AvgIpc) is 1.19. The zero-order valence-electron chi connectivity index (χ0n) is 4.55. The van der Waals surface area contributed by atoms with Crippen molar-refractivity contribution in [2.24, 2.45) is 11.5 Å². The minimum atomic E-state index is -5.39. The van der Waals surface area contributed by atoms with Gasteiger partial charge in [0.05, 0.1) is 0 Å². The number of amides is 2. The summed E-state index contributed by atoms with van der Waals surface area (Å²) in [4.78, 5) is 34.6. The molecule has 1 radical (unpaired) electrons. The van der Waals surface area contributed by atoms with E-state index in [2.05, 4.69) is 11.5 Å². The normalized spacial score (nSPS) is 8.30. The van der Waals surface area contributed by atoms with Gasteiger partial charge in [-0.2, -0.15) is 7.82 Å². The van der Waals surface area contributed by atoms with E-state index in [-0.39, 0.29) is 17.4 Å². The molecule has 0 spiro atoms. The van der Waals surface area contributed by atoms with Gasteiger partial charge >= 0.3 is 23.4 Å². The van der Waals surface area contributed by atoms with Crippen LogP contribution < -0.4 is 26.1 Å². The van der Waals surface area contributed by atoms with Crippen LogP contribution in [0.3, 0.4) is 0 Å². The van der Waals surface area contributed by atoms with E-state index in [0.717, 1.165) is 0 Å². The quantitative estimate of drug-likeness (QED) is 0.389. The van der Waals surface area contributed by atoms with E-state index < -0.39 is 13.9 Å². The number of hydrogen-bond donors (Lipinski definition) is 2. The van der Waals surface area contributed by atoms with Gasteiger partial charge in [0.15, 0.2) is 0 Å². The van der Waals surface area contributed by atoms with Crippen LogP contribution in [0.1, 0.15) is 0 Å². The maximum Gasteiger partial charge on any atom is 3.00 e. The van der Waals surface area contributed by atoms with Gasteiger partial charge in [-0.1, -0.05) is 0 Å². The van der Waals surface area contributed by atoms with E-state index in [9.17, 15) is 0 Å². The zero-order chi connectivity index (χ0) is 8.08. The van der Waals surface area contributed by atoms with Gasteiger partial charge in [-0.25, -0.2) is 4.79 Å². The topological polar surface area (TPSA) is 155 Å². The Bertz CT molecular complexity index is 119. The van der Waals surface area contributed by atoms with Crippen LogP contribution in [0.5, 0.6) is 0 Å². The molecular weight excluding hydrogens is 203 g/mol. The van der Waals surface area contributed by atoms with Gasteiger partial charge in [0.2, 0.25) is 0 Å². The summed E-state index contributed by atoms with van der Waals surface area (Å²) in [6.07, 6.45) is 0. The van der Waals surface area contributed by atoms with Crippen molar-refractivity contribution in [1.82, 2.24) is 0 Å². The molecular formula is CH4CrN2O5P. The van der Waals surface area contributed by atoms with Crippen LogP contribution in [0, 0.1) is 0 Å². The van der Waals surface area contributed by atoms with E-state index in [1.54, 1.807) is 0 Å². The van der Waals surface area contributed by atoms with E-state index in [0.29, 0.717) is 0 Å². The Hall–Kier alpha value is -0.0875. The number of carbonyl (C=O) groups is 1. The minimum absolute atomic E-state index is 0. The smallest absolute Gasteiger partial charge is 0.822 e. The Labute approximate surface area is 67.4 Å². The van der Waals surface area contributed by atoms with Crippen LogP contribution in [-0.4, -0.2) is 6.03 Å². The summed E-state index contributed by atoms with van der Waals surface area (Å²) < 4.78 is 8.55. The molecule has 0 aliphatic heterocycles. The van der Waals surface area contributed by atoms with Crippen molar-refractivity contribution < 1.29 is 41.4 Å². The van der Waals surface area contributed by atoms with Crippen LogP contribution in [0.2, 0.25) is 0 Å². The Balaban J connectivity index is -0.0000000910. The molecule has 0 rings (SSSR count). The molecule has 7 nitrogen and oxygen atoms in total. The predicted molar refractivity (Wildman–Crippen MR) is 21.4 cm³/mol. The summed E-state index contributed by atoms with van der Waals surface area (Å²) in [5, 5.41) is 0. The van der Waals surface area contributed by atoms with Crippen molar-refractivity contribution in [2.45, 2.75) is 0 Å². The van der Waals surface area contributed by atoms with Gasteiger partial charge in [0, 0.05) is 0 Å². The van der Waals surface area contributed by atoms with Crippen molar-refractivity contribution in [2.75, 3.05) is 0 Å². The molecule has 0 atom stereocenters. The molecule has 0 aromatic carbocycles. The van der Waals surface area contributed by atoms with E-state index in [1.165, 1.54) is 0 Å². The van der Waals surface area contributed by atoms with Gasteiger partial charge in [0.1, 0.15) is 0 Å². The summed E-state index contributed by atoms with van der Waals surface area (Å²) in [5.41, 5.74) is 8.50. The third-order valence-electron chi connectivity index (χ3n) is 0. The van der Waals surface area contributed by atoms with Gasteiger partial charge in [-0.15, -0.1) is 0 Å².